The van der Waals surface area contributed by atoms with E-state index in [2.05, 4.69) is 5.32 Å². The van der Waals surface area contributed by atoms with E-state index in [-0.39, 0.29) is 18.1 Å². The molecule has 2 aromatic carbocycles. The van der Waals surface area contributed by atoms with Gasteiger partial charge in [-0.25, -0.2) is 8.42 Å². The summed E-state index contributed by atoms with van der Waals surface area (Å²) in [6, 6.07) is 13.2. The normalized spacial score (nSPS) is 14.0. The smallest absolute Gasteiger partial charge is 0.224 e. The second-order valence-electron chi connectivity index (χ2n) is 7.49. The van der Waals surface area contributed by atoms with Crippen molar-refractivity contribution in [1.82, 2.24) is 9.62 Å². The topological polar surface area (TPSA) is 84.9 Å². The summed E-state index contributed by atoms with van der Waals surface area (Å²) in [5.74, 6) is 1.46. The third-order valence-electron chi connectivity index (χ3n) is 5.28. The summed E-state index contributed by atoms with van der Waals surface area (Å²) in [6.45, 7) is 3.69. The van der Waals surface area contributed by atoms with E-state index in [0.29, 0.717) is 39.1 Å². The van der Waals surface area contributed by atoms with Crippen LogP contribution in [0.2, 0.25) is 0 Å². The van der Waals surface area contributed by atoms with Gasteiger partial charge < -0.3 is 14.8 Å². The molecule has 7 nitrogen and oxygen atoms in total. The molecule has 168 valence electrons. The number of benzene rings is 2. The van der Waals surface area contributed by atoms with Crippen molar-refractivity contribution in [3.05, 3.63) is 59.2 Å². The van der Waals surface area contributed by atoms with Crippen LogP contribution in [0.15, 0.2) is 42.5 Å². The number of hydrogen-bond acceptors (Lipinski definition) is 5. The van der Waals surface area contributed by atoms with E-state index >= 15 is 0 Å². The second kappa shape index (κ2) is 10.6. The number of carbonyl (C=O) groups is 1. The molecule has 1 N–H and O–H groups in total. The molecule has 0 unspecified atom stereocenters. The van der Waals surface area contributed by atoms with Crippen LogP contribution in [0.1, 0.15) is 30.0 Å². The van der Waals surface area contributed by atoms with E-state index < -0.39 is 10.0 Å². The summed E-state index contributed by atoms with van der Waals surface area (Å²) in [6.07, 6.45) is 1.30. The minimum atomic E-state index is -3.37. The quantitative estimate of drug-likeness (QED) is 0.567. The van der Waals surface area contributed by atoms with Crippen LogP contribution in [-0.2, 0) is 34.2 Å². The average Bonchev–Trinajstić information content (AvgIpc) is 2.77. The van der Waals surface area contributed by atoms with E-state index in [1.54, 1.807) is 7.11 Å². The predicted molar refractivity (Wildman–Crippen MR) is 120 cm³/mol. The van der Waals surface area contributed by atoms with Gasteiger partial charge in [-0.3, -0.25) is 4.79 Å². The van der Waals surface area contributed by atoms with Crippen LogP contribution in [0.3, 0.4) is 0 Å². The van der Waals surface area contributed by atoms with E-state index in [1.165, 1.54) is 4.31 Å². The average molecular weight is 447 g/mol. The molecule has 3 rings (SSSR count). The zero-order valence-electron chi connectivity index (χ0n) is 18.1. The van der Waals surface area contributed by atoms with Gasteiger partial charge in [-0.2, -0.15) is 4.31 Å². The van der Waals surface area contributed by atoms with Crippen molar-refractivity contribution in [2.75, 3.05) is 32.6 Å². The Kier molecular flexibility index (Phi) is 7.92. The third-order valence-corrected chi connectivity index (χ3v) is 7.19. The number of carbonyl (C=O) groups excluding carboxylic acids is 1. The van der Waals surface area contributed by atoms with Crippen molar-refractivity contribution in [3.63, 3.8) is 0 Å². The maximum Gasteiger partial charge on any atom is 0.224 e. The Morgan fingerprint density at radius 3 is 2.55 bits per heavy atom. The van der Waals surface area contributed by atoms with E-state index in [9.17, 15) is 13.2 Å². The summed E-state index contributed by atoms with van der Waals surface area (Å²) >= 11 is 0. The van der Waals surface area contributed by atoms with Gasteiger partial charge in [-0.1, -0.05) is 18.2 Å². The summed E-state index contributed by atoms with van der Waals surface area (Å²) < 4.78 is 37.6. The highest BCUT2D eigenvalue weighted by Crippen LogP contribution is 2.25. The van der Waals surface area contributed by atoms with Crippen molar-refractivity contribution >= 4 is 15.9 Å². The number of amides is 1. The molecule has 0 saturated carbocycles. The third kappa shape index (κ3) is 6.45. The van der Waals surface area contributed by atoms with Gasteiger partial charge in [0.25, 0.3) is 0 Å². The maximum absolute atomic E-state index is 12.7. The van der Waals surface area contributed by atoms with Gasteiger partial charge in [0.15, 0.2) is 0 Å². The van der Waals surface area contributed by atoms with Crippen LogP contribution >= 0.6 is 0 Å². The molecular formula is C23H30N2O5S. The Morgan fingerprint density at radius 1 is 1.10 bits per heavy atom. The highest BCUT2D eigenvalue weighted by Gasteiger charge is 2.26. The Bertz CT molecular complexity index is 990. The molecule has 1 aliphatic rings. The van der Waals surface area contributed by atoms with Gasteiger partial charge >= 0.3 is 0 Å². The van der Waals surface area contributed by atoms with Gasteiger partial charge in [0.05, 0.1) is 25.9 Å². The number of hydrogen-bond donors (Lipinski definition) is 1. The second-order valence-corrected chi connectivity index (χ2v) is 9.58. The van der Waals surface area contributed by atoms with E-state index in [4.69, 9.17) is 9.47 Å². The molecule has 0 aromatic heterocycles. The molecule has 2 aromatic rings. The number of fused-ring (bicyclic) bond motifs is 1. The SMILES string of the molecule is CCOc1ccc(CC(=O)NCCCS(=O)(=O)N2CCc3cc(OC)ccc3C2)cc1. The highest BCUT2D eigenvalue weighted by atomic mass is 32.2. The van der Waals surface area contributed by atoms with Crippen LogP contribution in [0.25, 0.3) is 0 Å². The predicted octanol–water partition coefficient (Wildman–Crippen LogP) is 2.53. The summed E-state index contributed by atoms with van der Waals surface area (Å²) in [7, 11) is -1.75. The fraction of sp³-hybridized carbons (Fsp3) is 0.435. The minimum absolute atomic E-state index is 0.0157. The van der Waals surface area contributed by atoms with Crippen LogP contribution in [0.5, 0.6) is 11.5 Å². The first-order valence-electron chi connectivity index (χ1n) is 10.5. The van der Waals surface area contributed by atoms with Gasteiger partial charge in [-0.15, -0.1) is 0 Å². The zero-order valence-corrected chi connectivity index (χ0v) is 18.9. The largest absolute Gasteiger partial charge is 0.497 e. The number of nitrogens with zero attached hydrogens (tertiary/aromatic N) is 1. The lowest BCUT2D eigenvalue weighted by Crippen LogP contribution is -2.38. The fourth-order valence-corrected chi connectivity index (χ4v) is 5.07. The Morgan fingerprint density at radius 2 is 1.84 bits per heavy atom. The monoisotopic (exact) mass is 446 g/mol. The summed E-state index contributed by atoms with van der Waals surface area (Å²) in [5, 5.41) is 2.81. The van der Waals surface area contributed by atoms with Crippen molar-refractivity contribution in [2.24, 2.45) is 0 Å². The van der Waals surface area contributed by atoms with Crippen LogP contribution < -0.4 is 14.8 Å². The van der Waals surface area contributed by atoms with E-state index in [1.807, 2.05) is 49.4 Å². The van der Waals surface area contributed by atoms with Crippen molar-refractivity contribution in [2.45, 2.75) is 32.7 Å². The van der Waals surface area contributed by atoms with Gasteiger partial charge in [-0.05, 0) is 60.7 Å². The van der Waals surface area contributed by atoms with Gasteiger partial charge in [0.1, 0.15) is 11.5 Å². The van der Waals surface area contributed by atoms with Crippen molar-refractivity contribution in [1.29, 1.82) is 0 Å². The molecule has 1 amide bonds. The molecule has 0 saturated heterocycles. The molecule has 8 heteroatoms. The molecule has 0 radical (unpaired) electrons. The first-order valence-corrected chi connectivity index (χ1v) is 12.1. The number of ether oxygens (including phenoxy) is 2. The Labute approximate surface area is 184 Å². The Balaban J connectivity index is 1.42. The lowest BCUT2D eigenvalue weighted by molar-refractivity contribution is -0.120. The zero-order chi connectivity index (χ0) is 22.3. The summed E-state index contributed by atoms with van der Waals surface area (Å²) in [5.41, 5.74) is 3.03. The minimum Gasteiger partial charge on any atom is -0.497 e. The first-order chi connectivity index (χ1) is 14.9. The number of nitrogens with one attached hydrogen (secondary N) is 1. The molecule has 0 bridgehead atoms. The first kappa shape index (κ1) is 23.1. The molecule has 0 aliphatic carbocycles. The standard InChI is InChI=1S/C23H30N2O5S/c1-3-30-21-8-5-18(6-9-21)15-23(26)24-12-4-14-31(27,28)25-13-11-19-16-22(29-2)10-7-20(19)17-25/h5-10,16H,3-4,11-15,17H2,1-2H3,(H,24,26). The maximum atomic E-state index is 12.7. The molecular weight excluding hydrogens is 416 g/mol. The lowest BCUT2D eigenvalue weighted by Gasteiger charge is -2.28. The van der Waals surface area contributed by atoms with Crippen molar-refractivity contribution in [3.8, 4) is 11.5 Å². The fourth-order valence-electron chi connectivity index (χ4n) is 3.60. The number of sulfonamides is 1. The molecule has 0 fully saturated rings. The number of methoxy groups -OCH3 is 1. The highest BCUT2D eigenvalue weighted by molar-refractivity contribution is 7.89. The lowest BCUT2D eigenvalue weighted by atomic mass is 10.0. The molecule has 1 heterocycles. The van der Waals surface area contributed by atoms with Gasteiger partial charge in [0, 0.05) is 19.6 Å². The Hall–Kier alpha value is -2.58. The molecule has 0 atom stereocenters. The van der Waals surface area contributed by atoms with Crippen LogP contribution in [-0.4, -0.2) is 51.2 Å². The van der Waals surface area contributed by atoms with Gasteiger partial charge in [0.2, 0.25) is 15.9 Å². The molecule has 0 spiro atoms. The van der Waals surface area contributed by atoms with Crippen LogP contribution in [0, 0.1) is 0 Å². The van der Waals surface area contributed by atoms with Crippen molar-refractivity contribution < 1.29 is 22.7 Å². The molecule has 31 heavy (non-hydrogen) atoms. The molecule has 1 aliphatic heterocycles. The van der Waals surface area contributed by atoms with E-state index in [0.717, 1.165) is 28.2 Å². The van der Waals surface area contributed by atoms with Crippen LogP contribution in [0.4, 0.5) is 0 Å². The summed E-state index contributed by atoms with van der Waals surface area (Å²) in [4.78, 5) is 12.1. The number of rotatable bonds is 10.